The Morgan fingerprint density at radius 2 is 2.00 bits per heavy atom. The first-order valence-corrected chi connectivity index (χ1v) is 16.9. The molecular weight excluding hydrogens is 551 g/mol. The third kappa shape index (κ3) is 6.07. The van der Waals surface area contributed by atoms with Gasteiger partial charge in [0.2, 0.25) is 0 Å². The van der Waals surface area contributed by atoms with Crippen molar-refractivity contribution in [1.29, 1.82) is 0 Å². The summed E-state index contributed by atoms with van der Waals surface area (Å²) in [6.45, 7) is 13.6. The fraction of sp³-hybridized carbons (Fsp3) is 0.591. The number of anilines is 2. The van der Waals surface area contributed by atoms with E-state index in [2.05, 4.69) is 67.5 Å². The van der Waals surface area contributed by atoms with Gasteiger partial charge in [0.15, 0.2) is 11.5 Å². The number of aromatic nitrogens is 4. The van der Waals surface area contributed by atoms with Crippen molar-refractivity contribution in [1.82, 2.24) is 23.6 Å². The molecule has 3 aromatic rings. The van der Waals surface area contributed by atoms with E-state index >= 15 is 0 Å². The first kappa shape index (κ1) is 24.1. The van der Waals surface area contributed by atoms with Gasteiger partial charge in [0.25, 0.3) is 0 Å². The summed E-state index contributed by atoms with van der Waals surface area (Å²) in [7, 11) is -1.15. The molecule has 1 aliphatic rings. The molecule has 4 heterocycles. The van der Waals surface area contributed by atoms with Crippen LogP contribution in [0.2, 0.25) is 25.7 Å². The lowest BCUT2D eigenvalue weighted by molar-refractivity contribution is 0.153. The zero-order valence-corrected chi connectivity index (χ0v) is 23.4. The van der Waals surface area contributed by atoms with E-state index in [1.165, 1.54) is 43.9 Å². The van der Waals surface area contributed by atoms with Crippen molar-refractivity contribution >= 4 is 58.7 Å². The highest BCUT2D eigenvalue weighted by Gasteiger charge is 2.22. The third-order valence-corrected chi connectivity index (χ3v) is 9.02. The van der Waals surface area contributed by atoms with Crippen LogP contribution in [0.1, 0.15) is 30.7 Å². The fourth-order valence-corrected chi connectivity index (χ4v) is 5.87. The Bertz CT molecular complexity index is 1040. The van der Waals surface area contributed by atoms with Crippen LogP contribution in [0.5, 0.6) is 0 Å². The van der Waals surface area contributed by atoms with Crippen molar-refractivity contribution in [2.45, 2.75) is 58.4 Å². The zero-order chi connectivity index (χ0) is 22.7. The molecule has 7 nitrogen and oxygen atoms in total. The van der Waals surface area contributed by atoms with Gasteiger partial charge in [0.05, 0.1) is 17.6 Å². The second kappa shape index (κ2) is 10.5. The number of imidazole rings is 1. The predicted molar refractivity (Wildman–Crippen MR) is 143 cm³/mol. The summed E-state index contributed by atoms with van der Waals surface area (Å²) in [6.07, 6.45) is 7.85. The molecule has 32 heavy (non-hydrogen) atoms. The number of fused-ring (bicyclic) bond motifs is 1. The summed E-state index contributed by atoms with van der Waals surface area (Å²) in [4.78, 5) is 14.2. The van der Waals surface area contributed by atoms with Gasteiger partial charge in [-0.3, -0.25) is 14.2 Å². The second-order valence-corrected chi connectivity index (χ2v) is 17.3. The van der Waals surface area contributed by atoms with Gasteiger partial charge in [0, 0.05) is 27.4 Å². The number of nitrogens with zero attached hydrogens (tertiary/aromatic N) is 6. The smallest absolute Gasteiger partial charge is 0.181 e. The third-order valence-electron chi connectivity index (χ3n) is 5.67. The lowest BCUT2D eigenvalue weighted by atomic mass is 10.1. The first-order valence-electron chi connectivity index (χ1n) is 11.3. The van der Waals surface area contributed by atoms with Crippen molar-refractivity contribution in [3.8, 4) is 0 Å². The quantitative estimate of drug-likeness (QED) is 0.143. The Morgan fingerprint density at radius 3 is 2.75 bits per heavy atom. The van der Waals surface area contributed by atoms with Gasteiger partial charge in [-0.25, -0.2) is 9.97 Å². The summed E-state index contributed by atoms with van der Waals surface area (Å²) < 4.78 is 14.1. The molecule has 0 amide bonds. The van der Waals surface area contributed by atoms with Crippen LogP contribution in [0.4, 0.5) is 10.8 Å². The average molecular weight is 585 g/mol. The number of aryl methyl sites for hydroxylation is 1. The van der Waals surface area contributed by atoms with Crippen LogP contribution in [-0.2, 0) is 11.3 Å². The topological polar surface area (TPSA) is 58.8 Å². The van der Waals surface area contributed by atoms with Gasteiger partial charge in [-0.2, -0.15) is 4.37 Å². The molecule has 0 aliphatic carbocycles. The van der Waals surface area contributed by atoms with E-state index in [1.807, 2.05) is 19.3 Å². The molecule has 0 atom stereocenters. The van der Waals surface area contributed by atoms with Crippen molar-refractivity contribution in [3.63, 3.8) is 0 Å². The molecule has 1 aliphatic heterocycles. The molecule has 0 aromatic carbocycles. The van der Waals surface area contributed by atoms with Crippen molar-refractivity contribution in [3.05, 3.63) is 33.5 Å². The summed E-state index contributed by atoms with van der Waals surface area (Å²) in [6, 6.07) is 3.34. The number of halogens is 1. The fourth-order valence-electron chi connectivity index (χ4n) is 3.85. The minimum absolute atomic E-state index is 0.450. The molecule has 0 radical (unpaired) electrons. The number of rotatable bonds is 9. The Kier molecular flexibility index (Phi) is 7.86. The van der Waals surface area contributed by atoms with E-state index in [1.54, 1.807) is 0 Å². The lowest BCUT2D eigenvalue weighted by Crippen LogP contribution is -2.29. The van der Waals surface area contributed by atoms with E-state index in [0.29, 0.717) is 6.73 Å². The zero-order valence-electron chi connectivity index (χ0n) is 19.5. The van der Waals surface area contributed by atoms with Gasteiger partial charge < -0.3 is 4.74 Å². The Balaban J connectivity index is 1.60. The van der Waals surface area contributed by atoms with Crippen molar-refractivity contribution < 1.29 is 4.74 Å². The molecule has 0 spiro atoms. The molecule has 0 bridgehead atoms. The van der Waals surface area contributed by atoms with Crippen molar-refractivity contribution in [2.75, 3.05) is 31.3 Å². The lowest BCUT2D eigenvalue weighted by Gasteiger charge is -2.25. The maximum Gasteiger partial charge on any atom is 0.181 e. The summed E-state index contributed by atoms with van der Waals surface area (Å²) in [5.41, 5.74) is 2.92. The Morgan fingerprint density at radius 1 is 1.22 bits per heavy atom. The normalized spacial score (nSPS) is 15.5. The molecule has 0 N–H and O–H groups in total. The minimum atomic E-state index is -1.15. The molecule has 4 rings (SSSR count). The molecule has 0 unspecified atom stereocenters. The van der Waals surface area contributed by atoms with Gasteiger partial charge in [0.1, 0.15) is 15.4 Å². The predicted octanol–water partition coefficient (Wildman–Crippen LogP) is 5.54. The highest BCUT2D eigenvalue weighted by atomic mass is 127. The maximum absolute atomic E-state index is 6.19. The Hall–Kier alpha value is -1.08. The number of likely N-dealkylation sites (tertiary alicyclic amines) is 1. The molecule has 0 saturated carbocycles. The van der Waals surface area contributed by atoms with E-state index < -0.39 is 8.07 Å². The highest BCUT2D eigenvalue weighted by molar-refractivity contribution is 14.1. The van der Waals surface area contributed by atoms with Crippen molar-refractivity contribution in [2.24, 2.45) is 0 Å². The summed E-state index contributed by atoms with van der Waals surface area (Å²) in [5.74, 6) is 0.828. The van der Waals surface area contributed by atoms with Crippen LogP contribution < -0.4 is 4.90 Å². The molecule has 1 saturated heterocycles. The number of hydrogen-bond acceptors (Lipinski definition) is 7. The Labute approximate surface area is 209 Å². The van der Waals surface area contributed by atoms with E-state index in [0.717, 1.165) is 50.8 Å². The highest BCUT2D eigenvalue weighted by Crippen LogP contribution is 2.32. The van der Waals surface area contributed by atoms with Gasteiger partial charge in [-0.05, 0) is 79.1 Å². The van der Waals surface area contributed by atoms with Gasteiger partial charge in [-0.1, -0.05) is 26.1 Å². The van der Waals surface area contributed by atoms with Crippen LogP contribution in [0.3, 0.4) is 0 Å². The second-order valence-electron chi connectivity index (χ2n) is 9.75. The van der Waals surface area contributed by atoms with Crippen LogP contribution in [0, 0.1) is 10.6 Å². The number of piperidine rings is 1. The monoisotopic (exact) mass is 584 g/mol. The SMILES string of the molecule is Cc1cn2c(I)cnc2c(N(COCC[Si](C)(C)C)c2cc(CN3CCCCC3)ns2)n1. The van der Waals surface area contributed by atoms with E-state index in [4.69, 9.17) is 14.1 Å². The summed E-state index contributed by atoms with van der Waals surface area (Å²) >= 11 is 3.84. The van der Waals surface area contributed by atoms with Crippen LogP contribution in [-0.4, -0.2) is 58.1 Å². The van der Waals surface area contributed by atoms with Crippen LogP contribution in [0.25, 0.3) is 5.65 Å². The first-order chi connectivity index (χ1) is 15.3. The van der Waals surface area contributed by atoms with Gasteiger partial charge >= 0.3 is 0 Å². The average Bonchev–Trinajstić information content (AvgIpc) is 3.35. The van der Waals surface area contributed by atoms with E-state index in [-0.39, 0.29) is 0 Å². The molecule has 1 fully saturated rings. The molecule has 174 valence electrons. The van der Waals surface area contributed by atoms with Gasteiger partial charge in [-0.15, -0.1) is 0 Å². The largest absolute Gasteiger partial charge is 0.361 e. The molecule has 3 aromatic heterocycles. The number of hydrogen-bond donors (Lipinski definition) is 0. The number of ether oxygens (including phenoxy) is 1. The van der Waals surface area contributed by atoms with Crippen LogP contribution in [0.15, 0.2) is 18.5 Å². The van der Waals surface area contributed by atoms with E-state index in [9.17, 15) is 0 Å². The maximum atomic E-state index is 6.19. The van der Waals surface area contributed by atoms with Crippen LogP contribution >= 0.6 is 34.1 Å². The summed E-state index contributed by atoms with van der Waals surface area (Å²) in [5, 5.41) is 1.06. The standard InChI is InChI=1S/C22H33IN6OSSi/c1-17-14-28-19(23)13-24-21(28)22(25-17)29(16-30-10-11-32(2,3)4)20-12-18(26-31-20)15-27-8-6-5-7-9-27/h12-14H,5-11,15-16H2,1-4H3. The molecule has 10 heteroatoms. The molecular formula is C22H33IN6OSSi. The minimum Gasteiger partial charge on any atom is -0.361 e.